The summed E-state index contributed by atoms with van der Waals surface area (Å²) in [6.45, 7) is 9.84. The molecule has 27 heavy (non-hydrogen) atoms. The van der Waals surface area contributed by atoms with Gasteiger partial charge in [-0.2, -0.15) is 4.31 Å². The van der Waals surface area contributed by atoms with Gasteiger partial charge in [-0.25, -0.2) is 8.42 Å². The van der Waals surface area contributed by atoms with Crippen LogP contribution in [0.25, 0.3) is 0 Å². The summed E-state index contributed by atoms with van der Waals surface area (Å²) in [5, 5.41) is 0. The summed E-state index contributed by atoms with van der Waals surface area (Å²) in [6.07, 6.45) is 2.39. The molecule has 150 valence electrons. The van der Waals surface area contributed by atoms with Crippen molar-refractivity contribution in [2.75, 3.05) is 39.4 Å². The van der Waals surface area contributed by atoms with Crippen LogP contribution in [0.1, 0.15) is 35.1 Å². The third-order valence-corrected chi connectivity index (χ3v) is 7.94. The number of aryl methyl sites for hydroxylation is 2. The minimum absolute atomic E-state index is 0.0496. The van der Waals surface area contributed by atoms with E-state index in [0.717, 1.165) is 22.3 Å². The maximum Gasteiger partial charge on any atom is 0.248 e. The van der Waals surface area contributed by atoms with Crippen LogP contribution in [0.3, 0.4) is 0 Å². The second kappa shape index (κ2) is 7.89. The lowest BCUT2D eigenvalue weighted by Gasteiger charge is -2.34. The third-order valence-electron chi connectivity index (χ3n) is 5.76. The number of piperazine rings is 1. The number of ether oxygens (including phenoxy) is 1. The lowest BCUT2D eigenvalue weighted by atomic mass is 10.0. The van der Waals surface area contributed by atoms with Crippen LogP contribution in [0, 0.1) is 33.6 Å². The van der Waals surface area contributed by atoms with Crippen LogP contribution in [-0.4, -0.2) is 62.9 Å². The Morgan fingerprint density at radius 2 is 1.59 bits per heavy atom. The Bertz CT molecular complexity index is 797. The smallest absolute Gasteiger partial charge is 0.248 e. The normalized spacial score (nSPS) is 18.7. The zero-order valence-corrected chi connectivity index (χ0v) is 17.6. The van der Waals surface area contributed by atoms with E-state index in [1.54, 1.807) is 4.90 Å². The Morgan fingerprint density at radius 1 is 1.04 bits per heavy atom. The minimum atomic E-state index is -3.57. The molecule has 3 rings (SSSR count). The first-order valence-corrected chi connectivity index (χ1v) is 11.1. The summed E-state index contributed by atoms with van der Waals surface area (Å²) in [7, 11) is -3.57. The minimum Gasteiger partial charge on any atom is -0.371 e. The average Bonchev–Trinajstić information content (AvgIpc) is 3.44. The molecular formula is C20H30N2O4S. The highest BCUT2D eigenvalue weighted by atomic mass is 32.2. The fraction of sp³-hybridized carbons (Fsp3) is 0.650. The molecule has 1 heterocycles. The van der Waals surface area contributed by atoms with Crippen molar-refractivity contribution in [3.63, 3.8) is 0 Å². The molecule has 1 saturated heterocycles. The first kappa shape index (κ1) is 20.3. The summed E-state index contributed by atoms with van der Waals surface area (Å²) < 4.78 is 33.5. The molecular weight excluding hydrogens is 364 g/mol. The number of carbonyl (C=O) groups excluding carboxylic acids is 1. The zero-order chi connectivity index (χ0) is 19.8. The van der Waals surface area contributed by atoms with Gasteiger partial charge in [-0.3, -0.25) is 4.79 Å². The van der Waals surface area contributed by atoms with Crippen LogP contribution in [0.2, 0.25) is 0 Å². The molecule has 0 aromatic heterocycles. The summed E-state index contributed by atoms with van der Waals surface area (Å²) in [6, 6.07) is 2.03. The third kappa shape index (κ3) is 4.36. The van der Waals surface area contributed by atoms with Crippen molar-refractivity contribution >= 4 is 15.9 Å². The van der Waals surface area contributed by atoms with Crippen LogP contribution in [0.15, 0.2) is 11.0 Å². The van der Waals surface area contributed by atoms with E-state index in [2.05, 4.69) is 0 Å². The van der Waals surface area contributed by atoms with Crippen molar-refractivity contribution in [3.8, 4) is 0 Å². The van der Waals surface area contributed by atoms with Crippen LogP contribution in [-0.2, 0) is 19.6 Å². The van der Waals surface area contributed by atoms with E-state index >= 15 is 0 Å². The molecule has 7 heteroatoms. The highest BCUT2D eigenvalue weighted by Crippen LogP contribution is 2.30. The van der Waals surface area contributed by atoms with E-state index in [1.807, 2.05) is 33.8 Å². The monoisotopic (exact) mass is 394 g/mol. The van der Waals surface area contributed by atoms with Crippen molar-refractivity contribution in [1.82, 2.24) is 9.21 Å². The van der Waals surface area contributed by atoms with Gasteiger partial charge in [-0.1, -0.05) is 6.07 Å². The van der Waals surface area contributed by atoms with Crippen molar-refractivity contribution in [1.29, 1.82) is 0 Å². The zero-order valence-electron chi connectivity index (χ0n) is 16.7. The number of benzene rings is 1. The number of nitrogens with zero attached hydrogens (tertiary/aromatic N) is 2. The van der Waals surface area contributed by atoms with E-state index in [9.17, 15) is 13.2 Å². The van der Waals surface area contributed by atoms with Gasteiger partial charge in [0.15, 0.2) is 0 Å². The van der Waals surface area contributed by atoms with Gasteiger partial charge < -0.3 is 9.64 Å². The molecule has 0 atom stereocenters. The maximum atomic E-state index is 13.3. The second-order valence-corrected chi connectivity index (χ2v) is 9.71. The molecule has 1 aliphatic carbocycles. The Kier molecular flexibility index (Phi) is 5.93. The number of hydrogen-bond acceptors (Lipinski definition) is 4. The van der Waals surface area contributed by atoms with Gasteiger partial charge in [0.1, 0.15) is 6.61 Å². The molecule has 1 aromatic rings. The lowest BCUT2D eigenvalue weighted by molar-refractivity contribution is -0.137. The summed E-state index contributed by atoms with van der Waals surface area (Å²) in [4.78, 5) is 14.4. The predicted molar refractivity (Wildman–Crippen MR) is 104 cm³/mol. The standard InChI is InChI=1S/C20H30N2O4S/c1-14-11-15(2)17(4)20(16(14)3)27(24,25)22-9-7-21(8-10-22)19(23)13-26-12-18-5-6-18/h11,18H,5-10,12-13H2,1-4H3. The Hall–Kier alpha value is -1.44. The topological polar surface area (TPSA) is 66.9 Å². The molecule has 0 unspecified atom stereocenters. The van der Waals surface area contributed by atoms with Gasteiger partial charge >= 0.3 is 0 Å². The second-order valence-electron chi connectivity index (χ2n) is 7.83. The maximum absolute atomic E-state index is 13.3. The predicted octanol–water partition coefficient (Wildman–Crippen LogP) is 2.18. The number of sulfonamides is 1. The number of rotatable bonds is 6. The summed E-state index contributed by atoms with van der Waals surface area (Å²) in [5.74, 6) is 0.579. The van der Waals surface area contributed by atoms with Crippen molar-refractivity contribution in [2.24, 2.45) is 5.92 Å². The molecule has 2 aliphatic rings. The molecule has 1 aromatic carbocycles. The van der Waals surface area contributed by atoms with Crippen LogP contribution in [0.4, 0.5) is 0 Å². The average molecular weight is 395 g/mol. The van der Waals surface area contributed by atoms with Crippen LogP contribution in [0.5, 0.6) is 0 Å². The molecule has 0 N–H and O–H groups in total. The molecule has 0 radical (unpaired) electrons. The molecule has 6 nitrogen and oxygen atoms in total. The largest absolute Gasteiger partial charge is 0.371 e. The Labute approximate surface area is 162 Å². The van der Waals surface area contributed by atoms with Gasteiger partial charge in [0, 0.05) is 26.2 Å². The fourth-order valence-corrected chi connectivity index (χ4v) is 5.56. The van der Waals surface area contributed by atoms with E-state index < -0.39 is 10.0 Å². The molecule has 0 spiro atoms. The van der Waals surface area contributed by atoms with E-state index in [4.69, 9.17) is 4.74 Å². The molecule has 1 saturated carbocycles. The Balaban J connectivity index is 1.65. The quantitative estimate of drug-likeness (QED) is 0.742. The van der Waals surface area contributed by atoms with Crippen molar-refractivity contribution in [3.05, 3.63) is 28.3 Å². The number of amides is 1. The number of hydrogen-bond donors (Lipinski definition) is 0. The molecule has 1 aliphatic heterocycles. The van der Waals surface area contributed by atoms with Crippen molar-refractivity contribution in [2.45, 2.75) is 45.4 Å². The lowest BCUT2D eigenvalue weighted by Crippen LogP contribution is -2.51. The van der Waals surface area contributed by atoms with Gasteiger partial charge in [0.05, 0.1) is 11.5 Å². The van der Waals surface area contributed by atoms with Crippen LogP contribution >= 0.6 is 0 Å². The van der Waals surface area contributed by atoms with E-state index in [1.165, 1.54) is 17.1 Å². The van der Waals surface area contributed by atoms with E-state index in [-0.39, 0.29) is 12.5 Å². The highest BCUT2D eigenvalue weighted by Gasteiger charge is 2.33. The van der Waals surface area contributed by atoms with Gasteiger partial charge in [0.25, 0.3) is 0 Å². The summed E-state index contributed by atoms with van der Waals surface area (Å²) >= 11 is 0. The molecule has 2 fully saturated rings. The van der Waals surface area contributed by atoms with E-state index in [0.29, 0.717) is 43.6 Å². The van der Waals surface area contributed by atoms with Gasteiger partial charge in [-0.15, -0.1) is 0 Å². The van der Waals surface area contributed by atoms with Crippen molar-refractivity contribution < 1.29 is 17.9 Å². The Morgan fingerprint density at radius 3 is 2.11 bits per heavy atom. The highest BCUT2D eigenvalue weighted by molar-refractivity contribution is 7.89. The SMILES string of the molecule is Cc1cc(C)c(C)c(S(=O)(=O)N2CCN(C(=O)COCC3CC3)CC2)c1C. The summed E-state index contributed by atoms with van der Waals surface area (Å²) in [5.41, 5.74) is 3.59. The van der Waals surface area contributed by atoms with Crippen LogP contribution < -0.4 is 0 Å². The van der Waals surface area contributed by atoms with Gasteiger partial charge in [-0.05, 0) is 68.7 Å². The fourth-order valence-electron chi connectivity index (χ4n) is 3.56. The molecule has 1 amide bonds. The first-order chi connectivity index (χ1) is 12.7. The first-order valence-electron chi connectivity index (χ1n) is 9.65. The number of carbonyl (C=O) groups is 1. The molecule has 0 bridgehead atoms. The van der Waals surface area contributed by atoms with Gasteiger partial charge in [0.2, 0.25) is 15.9 Å².